The van der Waals surface area contributed by atoms with Crippen LogP contribution in [-0.2, 0) is 6.54 Å². The molecule has 2 aromatic carbocycles. The fourth-order valence-corrected chi connectivity index (χ4v) is 1.74. The topological polar surface area (TPSA) is 55.1 Å². The maximum Gasteiger partial charge on any atom is 0.251 e. The van der Waals surface area contributed by atoms with Crippen LogP contribution in [-0.4, -0.2) is 5.91 Å². The Hall–Kier alpha value is -2.07. The fourth-order valence-electron chi connectivity index (χ4n) is 1.58. The van der Waals surface area contributed by atoms with Gasteiger partial charge in [0.2, 0.25) is 0 Å². The van der Waals surface area contributed by atoms with E-state index >= 15 is 0 Å². The Labute approximate surface area is 115 Å². The van der Waals surface area contributed by atoms with Crippen LogP contribution in [0.15, 0.2) is 42.5 Å². The number of carbonyl (C=O) groups is 1. The van der Waals surface area contributed by atoms with Gasteiger partial charge in [-0.3, -0.25) is 4.79 Å². The zero-order valence-electron chi connectivity index (χ0n) is 9.99. The van der Waals surface area contributed by atoms with Crippen molar-refractivity contribution >= 4 is 23.2 Å². The first-order chi connectivity index (χ1) is 9.06. The first-order valence-electron chi connectivity index (χ1n) is 5.64. The number of anilines is 1. The van der Waals surface area contributed by atoms with E-state index in [1.165, 1.54) is 6.07 Å². The summed E-state index contributed by atoms with van der Waals surface area (Å²) >= 11 is 5.65. The van der Waals surface area contributed by atoms with E-state index in [4.69, 9.17) is 17.3 Å². The molecule has 98 valence electrons. The number of hydrogen-bond acceptors (Lipinski definition) is 2. The molecule has 0 bridgehead atoms. The zero-order valence-corrected chi connectivity index (χ0v) is 10.7. The van der Waals surface area contributed by atoms with Crippen molar-refractivity contribution in [3.8, 4) is 0 Å². The maximum absolute atomic E-state index is 13.5. The number of nitrogens with one attached hydrogen (secondary N) is 1. The molecule has 2 rings (SSSR count). The molecule has 0 saturated carbocycles. The Balaban J connectivity index is 2.02. The molecule has 0 aliphatic heterocycles. The molecule has 0 radical (unpaired) electrons. The summed E-state index contributed by atoms with van der Waals surface area (Å²) in [5.41, 5.74) is 6.97. The van der Waals surface area contributed by atoms with Gasteiger partial charge >= 0.3 is 0 Å². The second kappa shape index (κ2) is 5.71. The highest BCUT2D eigenvalue weighted by molar-refractivity contribution is 6.30. The van der Waals surface area contributed by atoms with Crippen LogP contribution in [0.5, 0.6) is 0 Å². The lowest BCUT2D eigenvalue weighted by Gasteiger charge is -2.07. The Morgan fingerprint density at radius 3 is 2.53 bits per heavy atom. The number of hydrogen-bond donors (Lipinski definition) is 2. The minimum Gasteiger partial charge on any atom is -0.399 e. The summed E-state index contributed by atoms with van der Waals surface area (Å²) in [6.07, 6.45) is 0. The van der Waals surface area contributed by atoms with E-state index in [1.807, 2.05) is 0 Å². The van der Waals surface area contributed by atoms with Gasteiger partial charge in [-0.25, -0.2) is 4.39 Å². The Morgan fingerprint density at radius 1 is 1.21 bits per heavy atom. The number of nitrogens with two attached hydrogens (primary N) is 1. The molecule has 0 aliphatic rings. The highest BCUT2D eigenvalue weighted by atomic mass is 35.5. The monoisotopic (exact) mass is 278 g/mol. The largest absolute Gasteiger partial charge is 0.399 e. The van der Waals surface area contributed by atoms with E-state index in [1.54, 1.807) is 36.4 Å². The van der Waals surface area contributed by atoms with Crippen LogP contribution in [0.25, 0.3) is 0 Å². The number of benzene rings is 2. The van der Waals surface area contributed by atoms with Gasteiger partial charge in [0, 0.05) is 28.4 Å². The van der Waals surface area contributed by atoms with Crippen LogP contribution >= 0.6 is 11.6 Å². The van der Waals surface area contributed by atoms with Gasteiger partial charge in [0.05, 0.1) is 0 Å². The lowest BCUT2D eigenvalue weighted by molar-refractivity contribution is 0.0950. The average molecular weight is 279 g/mol. The standard InChI is InChI=1S/C14H12ClFN2O/c15-11-4-1-10(13(16)7-11)8-18-14(19)9-2-5-12(17)6-3-9/h1-7H,8,17H2,(H,18,19). The summed E-state index contributed by atoms with van der Waals surface area (Å²) in [6, 6.07) is 10.8. The number of rotatable bonds is 3. The number of halogens is 2. The van der Waals surface area contributed by atoms with E-state index in [0.29, 0.717) is 21.8 Å². The molecule has 0 heterocycles. The van der Waals surface area contributed by atoms with Crippen molar-refractivity contribution in [1.82, 2.24) is 5.32 Å². The predicted octanol–water partition coefficient (Wildman–Crippen LogP) is 2.99. The second-order valence-electron chi connectivity index (χ2n) is 4.04. The summed E-state index contributed by atoms with van der Waals surface area (Å²) in [5, 5.41) is 2.96. The number of carbonyl (C=O) groups excluding carboxylic acids is 1. The first-order valence-corrected chi connectivity index (χ1v) is 6.02. The van der Waals surface area contributed by atoms with Crippen molar-refractivity contribution in [3.05, 3.63) is 64.4 Å². The SMILES string of the molecule is Nc1ccc(C(=O)NCc2ccc(Cl)cc2F)cc1. The molecule has 2 aromatic rings. The van der Waals surface area contributed by atoms with E-state index in [9.17, 15) is 9.18 Å². The molecule has 0 unspecified atom stereocenters. The Morgan fingerprint density at radius 2 is 1.89 bits per heavy atom. The van der Waals surface area contributed by atoms with Gasteiger partial charge in [-0.15, -0.1) is 0 Å². The molecule has 0 fully saturated rings. The van der Waals surface area contributed by atoms with E-state index in [2.05, 4.69) is 5.32 Å². The molecule has 19 heavy (non-hydrogen) atoms. The van der Waals surface area contributed by atoms with Gasteiger partial charge in [-0.05, 0) is 36.4 Å². The second-order valence-corrected chi connectivity index (χ2v) is 4.48. The summed E-state index contributed by atoms with van der Waals surface area (Å²) in [7, 11) is 0. The molecule has 0 saturated heterocycles. The molecule has 0 atom stereocenters. The van der Waals surface area contributed by atoms with E-state index in [-0.39, 0.29) is 12.5 Å². The molecule has 0 aromatic heterocycles. The lowest BCUT2D eigenvalue weighted by Crippen LogP contribution is -2.23. The fraction of sp³-hybridized carbons (Fsp3) is 0.0714. The molecule has 0 spiro atoms. The van der Waals surface area contributed by atoms with Crippen LogP contribution in [0, 0.1) is 5.82 Å². The van der Waals surface area contributed by atoms with Gasteiger partial charge in [0.15, 0.2) is 0 Å². The first kappa shape index (κ1) is 13.4. The molecule has 1 amide bonds. The molecular formula is C14H12ClFN2O. The number of amides is 1. The normalized spacial score (nSPS) is 10.2. The highest BCUT2D eigenvalue weighted by Crippen LogP contribution is 2.14. The van der Waals surface area contributed by atoms with Crippen molar-refractivity contribution in [3.63, 3.8) is 0 Å². The summed E-state index contributed by atoms with van der Waals surface area (Å²) in [4.78, 5) is 11.8. The Bertz CT molecular complexity index is 599. The highest BCUT2D eigenvalue weighted by Gasteiger charge is 2.07. The third-order valence-corrected chi connectivity index (χ3v) is 2.86. The van der Waals surface area contributed by atoms with Crippen molar-refractivity contribution in [2.75, 3.05) is 5.73 Å². The third-order valence-electron chi connectivity index (χ3n) is 2.63. The van der Waals surface area contributed by atoms with Crippen LogP contribution < -0.4 is 11.1 Å². The van der Waals surface area contributed by atoms with Gasteiger partial charge in [0.25, 0.3) is 5.91 Å². The van der Waals surface area contributed by atoms with Crippen molar-refractivity contribution < 1.29 is 9.18 Å². The Kier molecular flexibility index (Phi) is 4.02. The molecule has 3 N–H and O–H groups in total. The lowest BCUT2D eigenvalue weighted by atomic mass is 10.1. The molecule has 3 nitrogen and oxygen atoms in total. The van der Waals surface area contributed by atoms with Gasteiger partial charge in [0.1, 0.15) is 5.82 Å². The molecule has 0 aliphatic carbocycles. The third kappa shape index (κ3) is 3.45. The minimum atomic E-state index is -0.440. The smallest absolute Gasteiger partial charge is 0.251 e. The summed E-state index contributed by atoms with van der Waals surface area (Å²) in [6.45, 7) is 0.103. The molecule has 5 heteroatoms. The minimum absolute atomic E-state index is 0.103. The average Bonchev–Trinajstić information content (AvgIpc) is 2.38. The van der Waals surface area contributed by atoms with Crippen molar-refractivity contribution in [2.45, 2.75) is 6.54 Å². The van der Waals surface area contributed by atoms with Crippen LogP contribution in [0.2, 0.25) is 5.02 Å². The van der Waals surface area contributed by atoms with Gasteiger partial charge in [-0.2, -0.15) is 0 Å². The predicted molar refractivity (Wildman–Crippen MR) is 73.4 cm³/mol. The van der Waals surface area contributed by atoms with E-state index < -0.39 is 5.82 Å². The summed E-state index contributed by atoms with van der Waals surface area (Å²) < 4.78 is 13.5. The van der Waals surface area contributed by atoms with Crippen LogP contribution in [0.4, 0.5) is 10.1 Å². The van der Waals surface area contributed by atoms with Crippen LogP contribution in [0.3, 0.4) is 0 Å². The zero-order chi connectivity index (χ0) is 13.8. The van der Waals surface area contributed by atoms with Crippen molar-refractivity contribution in [2.24, 2.45) is 0 Å². The van der Waals surface area contributed by atoms with Gasteiger partial charge < -0.3 is 11.1 Å². The van der Waals surface area contributed by atoms with E-state index in [0.717, 1.165) is 0 Å². The van der Waals surface area contributed by atoms with Crippen LogP contribution in [0.1, 0.15) is 15.9 Å². The molecular weight excluding hydrogens is 267 g/mol. The summed E-state index contributed by atoms with van der Waals surface area (Å²) in [5.74, 6) is -0.723. The quantitative estimate of drug-likeness (QED) is 0.848. The van der Waals surface area contributed by atoms with Crippen molar-refractivity contribution in [1.29, 1.82) is 0 Å². The van der Waals surface area contributed by atoms with Gasteiger partial charge in [-0.1, -0.05) is 17.7 Å². The maximum atomic E-state index is 13.5. The number of nitrogen functional groups attached to an aromatic ring is 1.